The van der Waals surface area contributed by atoms with Gasteiger partial charge >= 0.3 is 0 Å². The molecule has 1 aromatic rings. The van der Waals surface area contributed by atoms with E-state index in [1.807, 2.05) is 0 Å². The van der Waals surface area contributed by atoms with Crippen LogP contribution in [0.4, 0.5) is 5.69 Å². The quantitative estimate of drug-likeness (QED) is 0.405. The van der Waals surface area contributed by atoms with Gasteiger partial charge < -0.3 is 5.11 Å². The summed E-state index contributed by atoms with van der Waals surface area (Å²) in [6, 6.07) is 2.70. The maximum absolute atomic E-state index is 10.4. The average molecular weight is 185 g/mol. The van der Waals surface area contributed by atoms with Gasteiger partial charge in [0.15, 0.2) is 0 Å². The van der Waals surface area contributed by atoms with E-state index >= 15 is 0 Å². The number of hydrogen-bond acceptors (Lipinski definition) is 3. The van der Waals surface area contributed by atoms with Crippen molar-refractivity contribution >= 4 is 20.2 Å². The molecule has 0 amide bonds. The van der Waals surface area contributed by atoms with E-state index in [9.17, 15) is 10.1 Å². The number of nitro groups is 1. The number of nitrogens with zero attached hydrogens (tertiary/aromatic N) is 1. The van der Waals surface area contributed by atoms with Crippen LogP contribution in [0.25, 0.3) is 0 Å². The van der Waals surface area contributed by atoms with Crippen LogP contribution in [0.1, 0.15) is 5.56 Å². The maximum atomic E-state index is 10.4. The molecule has 1 unspecified atom stereocenters. The van der Waals surface area contributed by atoms with Crippen LogP contribution >= 0.6 is 9.24 Å². The van der Waals surface area contributed by atoms with Crippen molar-refractivity contribution in [2.75, 3.05) is 0 Å². The summed E-state index contributed by atoms with van der Waals surface area (Å²) in [5, 5.41) is 20.0. The fourth-order valence-corrected chi connectivity index (χ4v) is 1.30. The summed E-state index contributed by atoms with van der Waals surface area (Å²) >= 11 is 0. The van der Waals surface area contributed by atoms with Gasteiger partial charge in [-0.15, -0.1) is 0 Å². The van der Waals surface area contributed by atoms with Gasteiger partial charge in [0.2, 0.25) is 0 Å². The molecule has 5 heteroatoms. The van der Waals surface area contributed by atoms with Crippen LogP contribution in [0, 0.1) is 17.0 Å². The van der Waals surface area contributed by atoms with Gasteiger partial charge in [-0.1, -0.05) is 9.24 Å². The van der Waals surface area contributed by atoms with E-state index in [0.717, 1.165) is 6.07 Å². The second kappa shape index (κ2) is 3.07. The topological polar surface area (TPSA) is 63.4 Å². The summed E-state index contributed by atoms with van der Waals surface area (Å²) in [6.07, 6.45) is 0. The predicted octanol–water partition coefficient (Wildman–Crippen LogP) is 1.11. The predicted molar refractivity (Wildman–Crippen MR) is 48.8 cm³/mol. The van der Waals surface area contributed by atoms with E-state index in [-0.39, 0.29) is 11.4 Å². The number of aromatic hydroxyl groups is 1. The highest BCUT2D eigenvalue weighted by atomic mass is 31.0. The van der Waals surface area contributed by atoms with Gasteiger partial charge in [-0.3, -0.25) is 10.1 Å². The molecule has 1 atom stereocenters. The number of aryl methyl sites for hydroxylation is 1. The first-order valence-electron chi connectivity index (χ1n) is 3.26. The number of benzene rings is 1. The molecule has 0 spiro atoms. The van der Waals surface area contributed by atoms with Crippen molar-refractivity contribution < 1.29 is 10.0 Å². The summed E-state index contributed by atoms with van der Waals surface area (Å²) in [6.45, 7) is 1.69. The van der Waals surface area contributed by atoms with Gasteiger partial charge in [0.05, 0.1) is 11.0 Å². The van der Waals surface area contributed by atoms with Crippen LogP contribution in [0.3, 0.4) is 0 Å². The monoisotopic (exact) mass is 185 g/mol. The summed E-state index contributed by atoms with van der Waals surface area (Å²) in [4.78, 5) is 9.84. The summed E-state index contributed by atoms with van der Waals surface area (Å²) in [7, 11) is 2.26. The number of hydrogen-bond donors (Lipinski definition) is 1. The molecule has 0 fully saturated rings. The lowest BCUT2D eigenvalue weighted by Gasteiger charge is -2.00. The Morgan fingerprint density at radius 3 is 2.67 bits per heavy atom. The number of phenolic OH excluding ortho intramolecular Hbond substituents is 1. The molecule has 0 saturated heterocycles. The summed E-state index contributed by atoms with van der Waals surface area (Å²) in [5.74, 6) is -0.0482. The summed E-state index contributed by atoms with van der Waals surface area (Å²) < 4.78 is 0. The van der Waals surface area contributed by atoms with Gasteiger partial charge in [0.1, 0.15) is 5.75 Å². The van der Waals surface area contributed by atoms with Crippen molar-refractivity contribution in [2.24, 2.45) is 0 Å². The Morgan fingerprint density at radius 1 is 1.58 bits per heavy atom. The average Bonchev–Trinajstić information content (AvgIpc) is 1.96. The fourth-order valence-electron chi connectivity index (χ4n) is 0.866. The van der Waals surface area contributed by atoms with E-state index in [1.165, 1.54) is 0 Å². The Balaban J connectivity index is 3.33. The van der Waals surface area contributed by atoms with Crippen LogP contribution in [0.15, 0.2) is 12.1 Å². The molecular weight excluding hydrogens is 177 g/mol. The molecule has 0 aliphatic heterocycles. The van der Waals surface area contributed by atoms with E-state index < -0.39 is 4.92 Å². The zero-order valence-electron chi connectivity index (χ0n) is 6.44. The highest BCUT2D eigenvalue weighted by molar-refractivity contribution is 7.27. The molecule has 12 heavy (non-hydrogen) atoms. The van der Waals surface area contributed by atoms with Crippen LogP contribution in [-0.4, -0.2) is 10.0 Å². The van der Waals surface area contributed by atoms with Crippen LogP contribution < -0.4 is 5.30 Å². The lowest BCUT2D eigenvalue weighted by atomic mass is 10.2. The Bertz CT molecular complexity index is 338. The van der Waals surface area contributed by atoms with Crippen LogP contribution in [-0.2, 0) is 0 Å². The van der Waals surface area contributed by atoms with Gasteiger partial charge in [-0.05, 0) is 18.6 Å². The third kappa shape index (κ3) is 1.53. The molecule has 4 nitrogen and oxygen atoms in total. The van der Waals surface area contributed by atoms with Gasteiger partial charge in [0.25, 0.3) is 5.69 Å². The molecular formula is C7H8NO3P. The largest absolute Gasteiger partial charge is 0.507 e. The minimum Gasteiger partial charge on any atom is -0.507 e. The lowest BCUT2D eigenvalue weighted by Crippen LogP contribution is -2.02. The SMILES string of the molecule is Cc1cc(P)c([N+](=O)[O-])cc1O. The molecule has 0 radical (unpaired) electrons. The zero-order chi connectivity index (χ0) is 9.30. The first-order chi connectivity index (χ1) is 5.52. The highest BCUT2D eigenvalue weighted by Gasteiger charge is 2.12. The molecule has 1 aromatic carbocycles. The molecule has 1 rings (SSSR count). The Labute approximate surface area is 71.6 Å². The number of rotatable bonds is 1. The molecule has 64 valence electrons. The van der Waals surface area contributed by atoms with E-state index in [0.29, 0.717) is 10.9 Å². The third-order valence-electron chi connectivity index (χ3n) is 1.54. The second-order valence-electron chi connectivity index (χ2n) is 2.45. The maximum Gasteiger partial charge on any atom is 0.280 e. The molecule has 0 aliphatic carbocycles. The molecule has 0 heterocycles. The van der Waals surface area contributed by atoms with Crippen molar-refractivity contribution in [2.45, 2.75) is 6.92 Å². The first-order valence-corrected chi connectivity index (χ1v) is 3.83. The third-order valence-corrected chi connectivity index (χ3v) is 2.00. The Kier molecular flexibility index (Phi) is 2.29. The van der Waals surface area contributed by atoms with Gasteiger partial charge in [0, 0.05) is 5.30 Å². The van der Waals surface area contributed by atoms with E-state index in [1.54, 1.807) is 13.0 Å². The van der Waals surface area contributed by atoms with Crippen molar-refractivity contribution in [1.82, 2.24) is 0 Å². The standard InChI is InChI=1S/C7H8NO3P/c1-4-2-7(12)5(8(10)11)3-6(4)9/h2-3,9H,12H2,1H3. The van der Waals surface area contributed by atoms with Gasteiger partial charge in [-0.25, -0.2) is 0 Å². The fraction of sp³-hybridized carbons (Fsp3) is 0.143. The Morgan fingerprint density at radius 2 is 2.17 bits per heavy atom. The summed E-state index contributed by atoms with van der Waals surface area (Å²) in [5.41, 5.74) is 0.550. The van der Waals surface area contributed by atoms with E-state index in [4.69, 9.17) is 5.11 Å². The molecule has 0 bridgehead atoms. The minimum atomic E-state index is -0.526. The van der Waals surface area contributed by atoms with Crippen LogP contribution in [0.5, 0.6) is 5.75 Å². The highest BCUT2D eigenvalue weighted by Crippen LogP contribution is 2.22. The van der Waals surface area contributed by atoms with Crippen molar-refractivity contribution in [1.29, 1.82) is 0 Å². The number of nitro benzene ring substituents is 1. The van der Waals surface area contributed by atoms with Crippen LogP contribution in [0.2, 0.25) is 0 Å². The second-order valence-corrected chi connectivity index (χ2v) is 3.08. The molecule has 0 aromatic heterocycles. The van der Waals surface area contributed by atoms with Crippen molar-refractivity contribution in [3.8, 4) is 5.75 Å². The first kappa shape index (κ1) is 8.94. The van der Waals surface area contributed by atoms with Crippen molar-refractivity contribution in [3.05, 3.63) is 27.8 Å². The van der Waals surface area contributed by atoms with E-state index in [2.05, 4.69) is 9.24 Å². The van der Waals surface area contributed by atoms with Crippen molar-refractivity contribution in [3.63, 3.8) is 0 Å². The lowest BCUT2D eigenvalue weighted by molar-refractivity contribution is -0.383. The smallest absolute Gasteiger partial charge is 0.280 e. The Hall–Kier alpha value is -1.15. The molecule has 0 saturated carbocycles. The normalized spacial score (nSPS) is 9.83. The number of phenols is 1. The van der Waals surface area contributed by atoms with Gasteiger partial charge in [-0.2, -0.15) is 0 Å². The molecule has 0 aliphatic rings. The molecule has 1 N–H and O–H groups in total. The zero-order valence-corrected chi connectivity index (χ0v) is 7.60. The minimum absolute atomic E-state index is 0.0482.